The molecule has 1 aromatic carbocycles. The van der Waals surface area contributed by atoms with Gasteiger partial charge < -0.3 is 5.73 Å². The Morgan fingerprint density at radius 2 is 1.89 bits per heavy atom. The van der Waals surface area contributed by atoms with E-state index in [1.807, 2.05) is 0 Å². The Labute approximate surface area is 116 Å². The molecule has 1 heterocycles. The molecule has 2 rings (SSSR count). The van der Waals surface area contributed by atoms with E-state index in [9.17, 15) is 0 Å². The lowest BCUT2D eigenvalue weighted by atomic mass is 9.88. The summed E-state index contributed by atoms with van der Waals surface area (Å²) in [7, 11) is 0. The van der Waals surface area contributed by atoms with Gasteiger partial charge in [0.1, 0.15) is 0 Å². The third-order valence-corrected chi connectivity index (χ3v) is 3.57. The SMILES string of the molecule is CC(C)c1cccc2c(CN)cc(C(C)(C)C)nc12. The Bertz CT molecular complexity index is 592. The molecule has 0 aliphatic heterocycles. The molecule has 102 valence electrons. The van der Waals surface area contributed by atoms with Gasteiger partial charge in [-0.2, -0.15) is 0 Å². The summed E-state index contributed by atoms with van der Waals surface area (Å²) < 4.78 is 0. The molecule has 0 saturated carbocycles. The van der Waals surface area contributed by atoms with Crippen molar-refractivity contribution in [3.05, 3.63) is 41.1 Å². The van der Waals surface area contributed by atoms with E-state index in [0.717, 1.165) is 11.2 Å². The van der Waals surface area contributed by atoms with Gasteiger partial charge in [0.2, 0.25) is 0 Å². The summed E-state index contributed by atoms with van der Waals surface area (Å²) in [6.45, 7) is 11.6. The summed E-state index contributed by atoms with van der Waals surface area (Å²) in [4.78, 5) is 4.92. The molecule has 0 fully saturated rings. The van der Waals surface area contributed by atoms with Crippen LogP contribution < -0.4 is 5.73 Å². The maximum atomic E-state index is 5.93. The highest BCUT2D eigenvalue weighted by atomic mass is 14.7. The first-order chi connectivity index (χ1) is 8.84. The van der Waals surface area contributed by atoms with Gasteiger partial charge in [0.25, 0.3) is 0 Å². The van der Waals surface area contributed by atoms with E-state index in [1.165, 1.54) is 16.5 Å². The van der Waals surface area contributed by atoms with Crippen LogP contribution in [0, 0.1) is 0 Å². The number of nitrogens with zero attached hydrogens (tertiary/aromatic N) is 1. The average Bonchev–Trinajstić information content (AvgIpc) is 2.35. The van der Waals surface area contributed by atoms with Crippen LogP contribution in [0.1, 0.15) is 57.4 Å². The third-order valence-electron chi connectivity index (χ3n) is 3.57. The lowest BCUT2D eigenvalue weighted by Gasteiger charge is -2.21. The van der Waals surface area contributed by atoms with Crippen LogP contribution in [0.2, 0.25) is 0 Å². The fraction of sp³-hybridized carbons (Fsp3) is 0.471. The quantitative estimate of drug-likeness (QED) is 0.878. The van der Waals surface area contributed by atoms with Crippen molar-refractivity contribution in [3.8, 4) is 0 Å². The Morgan fingerprint density at radius 3 is 2.42 bits per heavy atom. The lowest BCUT2D eigenvalue weighted by molar-refractivity contribution is 0.570. The van der Waals surface area contributed by atoms with Crippen molar-refractivity contribution in [3.63, 3.8) is 0 Å². The van der Waals surface area contributed by atoms with E-state index in [2.05, 4.69) is 58.9 Å². The topological polar surface area (TPSA) is 38.9 Å². The Morgan fingerprint density at radius 1 is 1.21 bits per heavy atom. The fourth-order valence-corrected chi connectivity index (χ4v) is 2.36. The molecule has 0 amide bonds. The van der Waals surface area contributed by atoms with E-state index in [1.54, 1.807) is 0 Å². The number of para-hydroxylation sites is 1. The minimum atomic E-state index is 0.0439. The van der Waals surface area contributed by atoms with Gasteiger partial charge in [-0.15, -0.1) is 0 Å². The zero-order valence-electron chi connectivity index (χ0n) is 12.6. The molecule has 0 saturated heterocycles. The van der Waals surface area contributed by atoms with Gasteiger partial charge in [-0.05, 0) is 23.1 Å². The summed E-state index contributed by atoms with van der Waals surface area (Å²) in [5.41, 5.74) is 10.7. The molecular weight excluding hydrogens is 232 g/mol. The van der Waals surface area contributed by atoms with Crippen molar-refractivity contribution < 1.29 is 0 Å². The van der Waals surface area contributed by atoms with Crippen LogP contribution in [0.25, 0.3) is 10.9 Å². The summed E-state index contributed by atoms with van der Waals surface area (Å²) in [6.07, 6.45) is 0. The molecule has 1 aromatic heterocycles. The second-order valence-electron chi connectivity index (χ2n) is 6.52. The number of benzene rings is 1. The molecule has 2 heteroatoms. The van der Waals surface area contributed by atoms with Gasteiger partial charge >= 0.3 is 0 Å². The van der Waals surface area contributed by atoms with E-state index < -0.39 is 0 Å². The van der Waals surface area contributed by atoms with Crippen LogP contribution in [-0.4, -0.2) is 4.98 Å². The summed E-state index contributed by atoms with van der Waals surface area (Å²) in [5, 5.41) is 1.20. The predicted molar refractivity (Wildman–Crippen MR) is 82.4 cm³/mol. The maximum Gasteiger partial charge on any atom is 0.0743 e. The zero-order chi connectivity index (χ0) is 14.2. The number of nitrogens with two attached hydrogens (primary N) is 1. The van der Waals surface area contributed by atoms with E-state index in [0.29, 0.717) is 12.5 Å². The zero-order valence-corrected chi connectivity index (χ0v) is 12.6. The Hall–Kier alpha value is -1.41. The van der Waals surface area contributed by atoms with Gasteiger partial charge in [0, 0.05) is 23.0 Å². The normalized spacial score (nSPS) is 12.4. The number of hydrogen-bond acceptors (Lipinski definition) is 2. The van der Waals surface area contributed by atoms with Crippen molar-refractivity contribution in [2.75, 3.05) is 0 Å². The Balaban J connectivity index is 2.82. The van der Waals surface area contributed by atoms with Crippen LogP contribution in [-0.2, 0) is 12.0 Å². The van der Waals surface area contributed by atoms with Crippen LogP contribution in [0.15, 0.2) is 24.3 Å². The molecule has 0 unspecified atom stereocenters. The molecular formula is C17H24N2. The highest BCUT2D eigenvalue weighted by molar-refractivity contribution is 5.85. The first kappa shape index (κ1) is 14.0. The van der Waals surface area contributed by atoms with E-state index >= 15 is 0 Å². The van der Waals surface area contributed by atoms with Crippen LogP contribution in [0.3, 0.4) is 0 Å². The number of aromatic nitrogens is 1. The number of hydrogen-bond donors (Lipinski definition) is 1. The van der Waals surface area contributed by atoms with Crippen LogP contribution in [0.5, 0.6) is 0 Å². The predicted octanol–water partition coefficient (Wildman–Crippen LogP) is 4.11. The first-order valence-corrected chi connectivity index (χ1v) is 6.97. The molecule has 2 aromatic rings. The lowest BCUT2D eigenvalue weighted by Crippen LogP contribution is -2.15. The van der Waals surface area contributed by atoms with Gasteiger partial charge in [-0.3, -0.25) is 4.98 Å². The molecule has 0 radical (unpaired) electrons. The minimum Gasteiger partial charge on any atom is -0.326 e. The average molecular weight is 256 g/mol. The second-order valence-corrected chi connectivity index (χ2v) is 6.52. The fourth-order valence-electron chi connectivity index (χ4n) is 2.36. The van der Waals surface area contributed by atoms with Crippen molar-refractivity contribution in [2.24, 2.45) is 5.73 Å². The van der Waals surface area contributed by atoms with Crippen molar-refractivity contribution >= 4 is 10.9 Å². The monoisotopic (exact) mass is 256 g/mol. The van der Waals surface area contributed by atoms with Crippen LogP contribution in [0.4, 0.5) is 0 Å². The molecule has 0 atom stereocenters. The molecule has 0 aliphatic carbocycles. The number of fused-ring (bicyclic) bond motifs is 1. The molecule has 19 heavy (non-hydrogen) atoms. The second kappa shape index (κ2) is 4.93. The van der Waals surface area contributed by atoms with Gasteiger partial charge in [-0.1, -0.05) is 52.8 Å². The smallest absolute Gasteiger partial charge is 0.0743 e. The maximum absolute atomic E-state index is 5.93. The molecule has 2 nitrogen and oxygen atoms in total. The van der Waals surface area contributed by atoms with Crippen molar-refractivity contribution in [1.82, 2.24) is 4.98 Å². The van der Waals surface area contributed by atoms with Gasteiger partial charge in [-0.25, -0.2) is 0 Å². The van der Waals surface area contributed by atoms with E-state index in [-0.39, 0.29) is 5.41 Å². The standard InChI is InChI=1S/C17H24N2/c1-11(2)13-7-6-8-14-12(10-18)9-15(17(3,4)5)19-16(13)14/h6-9,11H,10,18H2,1-5H3. The summed E-state index contributed by atoms with van der Waals surface area (Å²) in [6, 6.07) is 8.57. The molecule has 0 aliphatic rings. The van der Waals surface area contributed by atoms with E-state index in [4.69, 9.17) is 10.7 Å². The van der Waals surface area contributed by atoms with Crippen molar-refractivity contribution in [1.29, 1.82) is 0 Å². The minimum absolute atomic E-state index is 0.0439. The molecule has 0 spiro atoms. The van der Waals surface area contributed by atoms with Crippen molar-refractivity contribution in [2.45, 2.75) is 52.5 Å². The highest BCUT2D eigenvalue weighted by Gasteiger charge is 2.19. The molecule has 0 bridgehead atoms. The number of rotatable bonds is 2. The number of pyridine rings is 1. The third kappa shape index (κ3) is 2.64. The van der Waals surface area contributed by atoms with Gasteiger partial charge in [0.15, 0.2) is 0 Å². The van der Waals surface area contributed by atoms with Gasteiger partial charge in [0.05, 0.1) is 5.52 Å². The highest BCUT2D eigenvalue weighted by Crippen LogP contribution is 2.30. The molecule has 2 N–H and O–H groups in total. The first-order valence-electron chi connectivity index (χ1n) is 6.97. The van der Waals surface area contributed by atoms with Crippen LogP contribution >= 0.6 is 0 Å². The summed E-state index contributed by atoms with van der Waals surface area (Å²) in [5.74, 6) is 0.469. The largest absolute Gasteiger partial charge is 0.326 e. The Kier molecular flexibility index (Phi) is 3.64. The summed E-state index contributed by atoms with van der Waals surface area (Å²) >= 11 is 0.